The Morgan fingerprint density at radius 2 is 1.90 bits per heavy atom. The minimum Gasteiger partial charge on any atom is -0.481 e. The second-order valence-corrected chi connectivity index (χ2v) is 6.18. The molecule has 3 N–H and O–H groups in total. The van der Waals surface area contributed by atoms with Crippen molar-refractivity contribution in [3.63, 3.8) is 0 Å². The molecule has 1 saturated heterocycles. The fourth-order valence-corrected chi connectivity index (χ4v) is 3.32. The first kappa shape index (κ1) is 15.8. The Kier molecular flexibility index (Phi) is 4.85. The quantitative estimate of drug-likeness (QED) is 0.448. The molecule has 2 rings (SSSR count). The molecule has 3 unspecified atom stereocenters. The van der Waals surface area contributed by atoms with E-state index in [9.17, 15) is 14.4 Å². The summed E-state index contributed by atoms with van der Waals surface area (Å²) in [6.45, 7) is 2.16. The van der Waals surface area contributed by atoms with Gasteiger partial charge in [-0.2, -0.15) is 0 Å². The number of imide groups is 1. The molecule has 0 spiro atoms. The highest BCUT2D eigenvalue weighted by Gasteiger charge is 2.62. The molecule has 2 fully saturated rings. The Hall–Kier alpha value is -1.59. The van der Waals surface area contributed by atoms with Crippen LogP contribution >= 0.6 is 0 Å². The van der Waals surface area contributed by atoms with Crippen molar-refractivity contribution in [1.29, 1.82) is 0 Å². The van der Waals surface area contributed by atoms with Gasteiger partial charge in [0.25, 0.3) is 5.91 Å². The smallest absolute Gasteiger partial charge is 0.322 e. The highest BCUT2D eigenvalue weighted by atomic mass is 16.4. The van der Waals surface area contributed by atoms with Gasteiger partial charge in [0.1, 0.15) is 5.54 Å². The van der Waals surface area contributed by atoms with E-state index in [1.165, 1.54) is 19.3 Å². The normalized spacial score (nSPS) is 30.9. The predicted octanol–water partition coefficient (Wildman–Crippen LogP) is 2.04. The predicted molar refractivity (Wildman–Crippen MR) is 76.6 cm³/mol. The van der Waals surface area contributed by atoms with Gasteiger partial charge >= 0.3 is 12.0 Å². The second-order valence-electron chi connectivity index (χ2n) is 6.18. The molecule has 21 heavy (non-hydrogen) atoms. The molecular weight excluding hydrogens is 272 g/mol. The average Bonchev–Trinajstić information content (AvgIpc) is 3.17. The van der Waals surface area contributed by atoms with E-state index in [0.717, 1.165) is 19.3 Å². The summed E-state index contributed by atoms with van der Waals surface area (Å²) in [7, 11) is 0. The summed E-state index contributed by atoms with van der Waals surface area (Å²) in [5.41, 5.74) is -0.995. The zero-order chi connectivity index (χ0) is 15.5. The number of aliphatic carboxylic acids is 1. The van der Waals surface area contributed by atoms with Gasteiger partial charge in [-0.25, -0.2) is 4.79 Å². The van der Waals surface area contributed by atoms with E-state index < -0.39 is 23.5 Å². The minimum absolute atomic E-state index is 0.267. The van der Waals surface area contributed by atoms with Crippen LogP contribution in [0, 0.1) is 11.8 Å². The maximum absolute atomic E-state index is 12.1. The van der Waals surface area contributed by atoms with E-state index in [2.05, 4.69) is 17.6 Å². The number of rotatable bonds is 9. The zero-order valence-electron chi connectivity index (χ0n) is 12.5. The molecule has 6 heteroatoms. The van der Waals surface area contributed by atoms with Crippen molar-refractivity contribution in [3.05, 3.63) is 0 Å². The van der Waals surface area contributed by atoms with Crippen LogP contribution in [0.15, 0.2) is 0 Å². The monoisotopic (exact) mass is 296 g/mol. The van der Waals surface area contributed by atoms with Crippen molar-refractivity contribution < 1.29 is 19.5 Å². The fraction of sp³-hybridized carbons (Fsp3) is 0.800. The number of carbonyl (C=O) groups excluding carboxylic acids is 2. The summed E-state index contributed by atoms with van der Waals surface area (Å²) < 4.78 is 0. The van der Waals surface area contributed by atoms with Gasteiger partial charge in [0.05, 0.1) is 5.92 Å². The van der Waals surface area contributed by atoms with Crippen molar-refractivity contribution in [2.75, 3.05) is 0 Å². The van der Waals surface area contributed by atoms with Gasteiger partial charge in [-0.1, -0.05) is 45.4 Å². The van der Waals surface area contributed by atoms with Crippen molar-refractivity contribution >= 4 is 17.9 Å². The summed E-state index contributed by atoms with van der Waals surface area (Å²) >= 11 is 0. The van der Waals surface area contributed by atoms with Gasteiger partial charge < -0.3 is 10.4 Å². The molecule has 3 atom stereocenters. The first-order valence-corrected chi connectivity index (χ1v) is 7.87. The molecule has 0 bridgehead atoms. The molecule has 0 aromatic carbocycles. The average molecular weight is 296 g/mol. The zero-order valence-corrected chi connectivity index (χ0v) is 12.5. The number of hydrogen-bond acceptors (Lipinski definition) is 3. The number of hydrogen-bond donors (Lipinski definition) is 3. The highest BCUT2D eigenvalue weighted by molar-refractivity contribution is 6.07. The lowest BCUT2D eigenvalue weighted by Crippen LogP contribution is -2.49. The molecule has 1 heterocycles. The number of amides is 3. The number of unbranched alkanes of at least 4 members (excludes halogenated alkanes) is 5. The first-order chi connectivity index (χ1) is 10.0. The van der Waals surface area contributed by atoms with Crippen LogP contribution in [0.4, 0.5) is 4.79 Å². The number of carbonyl (C=O) groups is 3. The van der Waals surface area contributed by atoms with Crippen LogP contribution < -0.4 is 10.6 Å². The van der Waals surface area contributed by atoms with Crippen LogP contribution in [0.2, 0.25) is 0 Å². The molecule has 1 saturated carbocycles. The van der Waals surface area contributed by atoms with Crippen LogP contribution in [0.3, 0.4) is 0 Å². The molecule has 3 amide bonds. The van der Waals surface area contributed by atoms with Gasteiger partial charge in [0, 0.05) is 5.92 Å². The van der Waals surface area contributed by atoms with Gasteiger partial charge in [-0.15, -0.1) is 0 Å². The number of urea groups is 1. The summed E-state index contributed by atoms with van der Waals surface area (Å²) in [6, 6.07) is -0.498. The molecule has 1 aliphatic heterocycles. The van der Waals surface area contributed by atoms with Gasteiger partial charge in [0.15, 0.2) is 0 Å². The van der Waals surface area contributed by atoms with Crippen LogP contribution in [0.5, 0.6) is 0 Å². The lowest BCUT2D eigenvalue weighted by Gasteiger charge is -2.26. The Morgan fingerprint density at radius 3 is 2.43 bits per heavy atom. The molecule has 0 aromatic rings. The van der Waals surface area contributed by atoms with Gasteiger partial charge in [0.2, 0.25) is 0 Å². The Morgan fingerprint density at radius 1 is 1.24 bits per heavy atom. The minimum atomic E-state index is -0.995. The molecule has 0 aromatic heterocycles. The number of carboxylic acids is 1. The molecule has 6 nitrogen and oxygen atoms in total. The van der Waals surface area contributed by atoms with Crippen LogP contribution in [-0.4, -0.2) is 28.6 Å². The molecule has 2 aliphatic rings. The summed E-state index contributed by atoms with van der Waals surface area (Å²) in [4.78, 5) is 34.7. The first-order valence-electron chi connectivity index (χ1n) is 7.87. The maximum atomic E-state index is 12.1. The topological polar surface area (TPSA) is 95.5 Å². The molecular formula is C15H24N2O4. The van der Waals surface area contributed by atoms with Crippen LogP contribution in [-0.2, 0) is 9.59 Å². The SMILES string of the molecule is CCCCCCCCC1(C2CC2C(=O)O)NC(=O)NC1=O. The third-order valence-corrected chi connectivity index (χ3v) is 4.63. The van der Waals surface area contributed by atoms with Crippen molar-refractivity contribution in [3.8, 4) is 0 Å². The number of carboxylic acid groups (broad SMARTS) is 1. The van der Waals surface area contributed by atoms with E-state index in [0.29, 0.717) is 12.8 Å². The third kappa shape index (κ3) is 3.36. The third-order valence-electron chi connectivity index (χ3n) is 4.63. The van der Waals surface area contributed by atoms with E-state index in [1.54, 1.807) is 0 Å². The largest absolute Gasteiger partial charge is 0.481 e. The number of nitrogens with one attached hydrogen (secondary N) is 2. The van der Waals surface area contributed by atoms with Gasteiger partial charge in [-0.05, 0) is 12.8 Å². The lowest BCUT2D eigenvalue weighted by molar-refractivity contribution is -0.139. The van der Waals surface area contributed by atoms with E-state index in [4.69, 9.17) is 5.11 Å². The summed E-state index contributed by atoms with van der Waals surface area (Å²) in [6.07, 6.45) is 7.55. The summed E-state index contributed by atoms with van der Waals surface area (Å²) in [5, 5.41) is 14.0. The Bertz CT molecular complexity index is 437. The lowest BCUT2D eigenvalue weighted by atomic mass is 9.85. The fourth-order valence-electron chi connectivity index (χ4n) is 3.32. The molecule has 1 aliphatic carbocycles. The highest BCUT2D eigenvalue weighted by Crippen LogP contribution is 2.49. The van der Waals surface area contributed by atoms with E-state index in [-0.39, 0.29) is 11.8 Å². The Balaban J connectivity index is 1.90. The molecule has 0 radical (unpaired) electrons. The summed E-state index contributed by atoms with van der Waals surface area (Å²) in [5.74, 6) is -2.00. The standard InChI is InChI=1S/C15H24N2O4/c1-2-3-4-5-6-7-8-15(11-9-10(11)12(18)19)13(20)16-14(21)17-15/h10-11H,2-9H2,1H3,(H,18,19)(H2,16,17,20,21). The van der Waals surface area contributed by atoms with Crippen molar-refractivity contribution in [1.82, 2.24) is 10.6 Å². The van der Waals surface area contributed by atoms with Crippen molar-refractivity contribution in [2.24, 2.45) is 11.8 Å². The molecule has 118 valence electrons. The Labute approximate surface area is 124 Å². The van der Waals surface area contributed by atoms with E-state index in [1.807, 2.05) is 0 Å². The van der Waals surface area contributed by atoms with Crippen LogP contribution in [0.25, 0.3) is 0 Å². The maximum Gasteiger partial charge on any atom is 0.322 e. The van der Waals surface area contributed by atoms with Gasteiger partial charge in [-0.3, -0.25) is 14.9 Å². The second kappa shape index (κ2) is 6.45. The van der Waals surface area contributed by atoms with E-state index >= 15 is 0 Å². The van der Waals surface area contributed by atoms with Crippen LogP contribution in [0.1, 0.15) is 58.3 Å². The van der Waals surface area contributed by atoms with Crippen molar-refractivity contribution in [2.45, 2.75) is 63.8 Å².